The molecular formula is C11H21ClN2O2. The van der Waals surface area contributed by atoms with E-state index in [9.17, 15) is 4.79 Å². The number of rotatable bonds is 3. The molecular weight excluding hydrogens is 228 g/mol. The van der Waals surface area contributed by atoms with Crippen LogP contribution in [-0.4, -0.2) is 38.3 Å². The first-order chi connectivity index (χ1) is 7.25. The molecule has 0 aromatic heterocycles. The summed E-state index contributed by atoms with van der Waals surface area (Å²) in [6, 6.07) is 0. The Morgan fingerprint density at radius 1 is 1.50 bits per heavy atom. The van der Waals surface area contributed by atoms with Crippen LogP contribution >= 0.6 is 12.4 Å². The topological polar surface area (TPSA) is 50.4 Å². The van der Waals surface area contributed by atoms with Gasteiger partial charge in [-0.3, -0.25) is 4.79 Å². The number of hydrogen-bond acceptors (Lipinski definition) is 3. The Hall–Kier alpha value is -0.320. The maximum atomic E-state index is 11.5. The molecule has 4 nitrogen and oxygen atoms in total. The van der Waals surface area contributed by atoms with Crippen LogP contribution in [0.3, 0.4) is 0 Å². The van der Waals surface area contributed by atoms with Crippen molar-refractivity contribution in [2.75, 3.05) is 26.2 Å². The van der Waals surface area contributed by atoms with Crippen LogP contribution in [-0.2, 0) is 9.53 Å². The normalized spacial score (nSPS) is 30.1. The van der Waals surface area contributed by atoms with Gasteiger partial charge in [0.15, 0.2) is 0 Å². The monoisotopic (exact) mass is 248 g/mol. The van der Waals surface area contributed by atoms with E-state index in [0.29, 0.717) is 6.54 Å². The summed E-state index contributed by atoms with van der Waals surface area (Å²) in [7, 11) is 0. The number of carbonyl (C=O) groups is 1. The molecule has 2 aliphatic heterocycles. The van der Waals surface area contributed by atoms with E-state index in [-0.39, 0.29) is 30.3 Å². The highest BCUT2D eigenvalue weighted by molar-refractivity contribution is 5.85. The van der Waals surface area contributed by atoms with Crippen LogP contribution in [0.1, 0.15) is 19.8 Å². The quantitative estimate of drug-likeness (QED) is 0.768. The average molecular weight is 249 g/mol. The van der Waals surface area contributed by atoms with E-state index in [1.807, 2.05) is 0 Å². The van der Waals surface area contributed by atoms with Crippen LogP contribution in [0, 0.1) is 11.8 Å². The smallest absolute Gasteiger partial charge is 0.225 e. The SMILES string of the molecule is CC1CCOC(CNC(=O)C2CNC2)C1.Cl. The highest BCUT2D eigenvalue weighted by atomic mass is 35.5. The Morgan fingerprint density at radius 3 is 2.81 bits per heavy atom. The third-order valence-electron chi connectivity index (χ3n) is 3.29. The van der Waals surface area contributed by atoms with Crippen LogP contribution in [0.25, 0.3) is 0 Å². The van der Waals surface area contributed by atoms with Gasteiger partial charge in [0, 0.05) is 26.2 Å². The zero-order chi connectivity index (χ0) is 10.7. The fourth-order valence-corrected chi connectivity index (χ4v) is 2.05. The van der Waals surface area contributed by atoms with Crippen molar-refractivity contribution >= 4 is 18.3 Å². The first-order valence-corrected chi connectivity index (χ1v) is 5.85. The predicted molar refractivity (Wildman–Crippen MR) is 64.8 cm³/mol. The molecule has 2 unspecified atom stereocenters. The molecule has 0 saturated carbocycles. The second-order valence-electron chi connectivity index (χ2n) is 4.72. The lowest BCUT2D eigenvalue weighted by Gasteiger charge is -2.30. The molecule has 2 fully saturated rings. The van der Waals surface area contributed by atoms with E-state index in [1.165, 1.54) is 0 Å². The first kappa shape index (κ1) is 13.7. The third kappa shape index (κ3) is 3.61. The van der Waals surface area contributed by atoms with Gasteiger partial charge in [-0.05, 0) is 18.8 Å². The van der Waals surface area contributed by atoms with Crippen LogP contribution < -0.4 is 10.6 Å². The van der Waals surface area contributed by atoms with E-state index in [1.54, 1.807) is 0 Å². The Morgan fingerprint density at radius 2 is 2.25 bits per heavy atom. The summed E-state index contributed by atoms with van der Waals surface area (Å²) in [5.41, 5.74) is 0. The zero-order valence-electron chi connectivity index (χ0n) is 9.70. The molecule has 0 spiro atoms. The minimum absolute atomic E-state index is 0. The fourth-order valence-electron chi connectivity index (χ4n) is 2.05. The van der Waals surface area contributed by atoms with E-state index < -0.39 is 0 Å². The Kier molecular flexibility index (Phi) is 5.52. The van der Waals surface area contributed by atoms with Crippen LogP contribution in [0.5, 0.6) is 0 Å². The number of nitrogens with one attached hydrogen (secondary N) is 2. The van der Waals surface area contributed by atoms with Crippen molar-refractivity contribution in [1.29, 1.82) is 0 Å². The zero-order valence-corrected chi connectivity index (χ0v) is 10.5. The van der Waals surface area contributed by atoms with Gasteiger partial charge >= 0.3 is 0 Å². The predicted octanol–water partition coefficient (Wildman–Crippen LogP) is 0.559. The molecule has 2 saturated heterocycles. The summed E-state index contributed by atoms with van der Waals surface area (Å²) in [6.45, 7) is 5.42. The van der Waals surface area contributed by atoms with Crippen molar-refractivity contribution < 1.29 is 9.53 Å². The first-order valence-electron chi connectivity index (χ1n) is 5.85. The number of carbonyl (C=O) groups excluding carboxylic acids is 1. The van der Waals surface area contributed by atoms with Crippen molar-refractivity contribution in [2.45, 2.75) is 25.9 Å². The summed E-state index contributed by atoms with van der Waals surface area (Å²) in [5, 5.41) is 6.07. The molecule has 1 amide bonds. The van der Waals surface area contributed by atoms with Crippen molar-refractivity contribution in [1.82, 2.24) is 10.6 Å². The average Bonchev–Trinajstić information content (AvgIpc) is 2.12. The minimum Gasteiger partial charge on any atom is -0.376 e. The van der Waals surface area contributed by atoms with Gasteiger partial charge in [-0.15, -0.1) is 12.4 Å². The molecule has 94 valence electrons. The number of halogens is 1. The van der Waals surface area contributed by atoms with E-state index in [2.05, 4.69) is 17.6 Å². The van der Waals surface area contributed by atoms with Crippen molar-refractivity contribution in [3.63, 3.8) is 0 Å². The number of amides is 1. The molecule has 2 rings (SSSR count). The standard InChI is InChI=1S/C11H20N2O2.ClH/c1-8-2-3-15-10(4-8)7-13-11(14)9-5-12-6-9;/h8-10,12H,2-7H2,1H3,(H,13,14);1H. The van der Waals surface area contributed by atoms with Gasteiger partial charge in [-0.2, -0.15) is 0 Å². The Balaban J connectivity index is 0.00000128. The Labute approximate surface area is 103 Å². The summed E-state index contributed by atoms with van der Waals surface area (Å²) >= 11 is 0. The maximum Gasteiger partial charge on any atom is 0.225 e. The van der Waals surface area contributed by atoms with Crippen LogP contribution in [0.15, 0.2) is 0 Å². The van der Waals surface area contributed by atoms with Gasteiger partial charge in [0.25, 0.3) is 0 Å². The fraction of sp³-hybridized carbons (Fsp3) is 0.909. The van der Waals surface area contributed by atoms with Gasteiger partial charge in [-0.1, -0.05) is 6.92 Å². The summed E-state index contributed by atoms with van der Waals surface area (Å²) < 4.78 is 5.60. The molecule has 0 aliphatic carbocycles. The van der Waals surface area contributed by atoms with Crippen LogP contribution in [0.4, 0.5) is 0 Å². The summed E-state index contributed by atoms with van der Waals surface area (Å²) in [4.78, 5) is 11.5. The summed E-state index contributed by atoms with van der Waals surface area (Å²) in [6.07, 6.45) is 2.45. The van der Waals surface area contributed by atoms with Gasteiger partial charge in [-0.25, -0.2) is 0 Å². The second-order valence-corrected chi connectivity index (χ2v) is 4.72. The van der Waals surface area contributed by atoms with Gasteiger partial charge < -0.3 is 15.4 Å². The maximum absolute atomic E-state index is 11.5. The van der Waals surface area contributed by atoms with Crippen LogP contribution in [0.2, 0.25) is 0 Å². The minimum atomic E-state index is 0. The molecule has 2 N–H and O–H groups in total. The van der Waals surface area contributed by atoms with E-state index in [4.69, 9.17) is 4.74 Å². The van der Waals surface area contributed by atoms with Crippen molar-refractivity contribution in [3.8, 4) is 0 Å². The molecule has 0 radical (unpaired) electrons. The lowest BCUT2D eigenvalue weighted by atomic mass is 9.97. The molecule has 2 heterocycles. The number of ether oxygens (including phenoxy) is 1. The molecule has 0 aromatic rings. The highest BCUT2D eigenvalue weighted by Crippen LogP contribution is 2.18. The molecule has 2 aliphatic rings. The third-order valence-corrected chi connectivity index (χ3v) is 3.29. The number of hydrogen-bond donors (Lipinski definition) is 2. The van der Waals surface area contributed by atoms with Gasteiger partial charge in [0.05, 0.1) is 12.0 Å². The van der Waals surface area contributed by atoms with Gasteiger partial charge in [0.2, 0.25) is 5.91 Å². The molecule has 5 heteroatoms. The molecule has 16 heavy (non-hydrogen) atoms. The molecule has 0 bridgehead atoms. The molecule has 0 aromatic carbocycles. The van der Waals surface area contributed by atoms with Crippen molar-refractivity contribution in [2.24, 2.45) is 11.8 Å². The van der Waals surface area contributed by atoms with Crippen molar-refractivity contribution in [3.05, 3.63) is 0 Å². The van der Waals surface area contributed by atoms with Gasteiger partial charge in [0.1, 0.15) is 0 Å². The lowest BCUT2D eigenvalue weighted by Crippen LogP contribution is -2.52. The summed E-state index contributed by atoms with van der Waals surface area (Å²) in [5.74, 6) is 1.09. The largest absolute Gasteiger partial charge is 0.376 e. The van der Waals surface area contributed by atoms with E-state index >= 15 is 0 Å². The second kappa shape index (κ2) is 6.42. The van der Waals surface area contributed by atoms with E-state index in [0.717, 1.165) is 38.5 Å². The highest BCUT2D eigenvalue weighted by Gasteiger charge is 2.26. The lowest BCUT2D eigenvalue weighted by molar-refractivity contribution is -0.127. The molecule has 2 atom stereocenters. The Bertz CT molecular complexity index is 234.